The van der Waals surface area contributed by atoms with Crippen molar-refractivity contribution in [3.05, 3.63) is 63.6 Å². The Kier molecular flexibility index (Phi) is 5.44. The van der Waals surface area contributed by atoms with Crippen molar-refractivity contribution in [1.82, 2.24) is 4.98 Å². The van der Waals surface area contributed by atoms with E-state index in [0.717, 1.165) is 16.9 Å². The molecule has 0 atom stereocenters. The lowest BCUT2D eigenvalue weighted by Gasteiger charge is -2.13. The highest BCUT2D eigenvalue weighted by molar-refractivity contribution is 7.17. The number of carboxylic acid groups (broad SMARTS) is 1. The van der Waals surface area contributed by atoms with Gasteiger partial charge in [-0.15, -0.1) is 11.3 Å². The molecule has 3 rings (SSSR count). The Morgan fingerprint density at radius 2 is 2.00 bits per heavy atom. The van der Waals surface area contributed by atoms with Crippen molar-refractivity contribution in [3.8, 4) is 22.1 Å². The van der Waals surface area contributed by atoms with Gasteiger partial charge in [-0.25, -0.2) is 9.78 Å². The highest BCUT2D eigenvalue weighted by Crippen LogP contribution is 2.41. The number of ether oxygens (including phenoxy) is 2. The fourth-order valence-electron chi connectivity index (χ4n) is 2.43. The number of methoxy groups -OCH3 is 1. The number of nitrogens with zero attached hydrogens (tertiary/aromatic N) is 1. The summed E-state index contributed by atoms with van der Waals surface area (Å²) >= 11 is 7.49. The van der Waals surface area contributed by atoms with E-state index in [-0.39, 0.29) is 4.88 Å². The van der Waals surface area contributed by atoms with E-state index in [0.29, 0.717) is 39.4 Å². The van der Waals surface area contributed by atoms with Crippen LogP contribution in [0.5, 0.6) is 11.5 Å². The largest absolute Gasteiger partial charge is 0.493 e. The van der Waals surface area contributed by atoms with Gasteiger partial charge in [0.15, 0.2) is 11.5 Å². The number of carbonyl (C=O) groups is 1. The molecule has 0 unspecified atom stereocenters. The third-order valence-electron chi connectivity index (χ3n) is 3.69. The van der Waals surface area contributed by atoms with Gasteiger partial charge < -0.3 is 14.6 Å². The maximum Gasteiger partial charge on any atom is 0.347 e. The van der Waals surface area contributed by atoms with Gasteiger partial charge in [-0.2, -0.15) is 0 Å². The van der Waals surface area contributed by atoms with E-state index in [4.69, 9.17) is 21.1 Å². The van der Waals surface area contributed by atoms with Gasteiger partial charge >= 0.3 is 5.97 Å². The molecule has 0 amide bonds. The average molecular weight is 390 g/mol. The lowest BCUT2D eigenvalue weighted by Crippen LogP contribution is -1.98. The predicted octanol–water partition coefficient (Wildman–Crippen LogP) is 5.06. The van der Waals surface area contributed by atoms with E-state index in [1.54, 1.807) is 19.1 Å². The van der Waals surface area contributed by atoms with Gasteiger partial charge in [0.2, 0.25) is 0 Å². The highest BCUT2D eigenvalue weighted by Gasteiger charge is 2.18. The summed E-state index contributed by atoms with van der Waals surface area (Å²) in [6.45, 7) is 2.02. The first-order valence-electron chi connectivity index (χ1n) is 7.75. The van der Waals surface area contributed by atoms with E-state index in [9.17, 15) is 9.90 Å². The Hall–Kier alpha value is -2.57. The Morgan fingerprint density at radius 3 is 2.62 bits per heavy atom. The number of hydrogen-bond donors (Lipinski definition) is 1. The number of benzene rings is 2. The molecule has 5 nitrogen and oxygen atoms in total. The van der Waals surface area contributed by atoms with Crippen LogP contribution in [0.1, 0.15) is 20.9 Å². The normalized spacial score (nSPS) is 10.6. The number of hydrogen-bond acceptors (Lipinski definition) is 5. The molecule has 7 heteroatoms. The van der Waals surface area contributed by atoms with Gasteiger partial charge in [-0.1, -0.05) is 41.9 Å². The van der Waals surface area contributed by atoms with Crippen LogP contribution in [0.15, 0.2) is 42.5 Å². The van der Waals surface area contributed by atoms with Crippen molar-refractivity contribution in [2.45, 2.75) is 13.5 Å². The van der Waals surface area contributed by atoms with Crippen LogP contribution in [0.3, 0.4) is 0 Å². The molecule has 0 saturated carbocycles. The first kappa shape index (κ1) is 18.2. The molecular formula is C19H16ClNO4S. The van der Waals surface area contributed by atoms with Gasteiger partial charge in [0.25, 0.3) is 0 Å². The maximum absolute atomic E-state index is 11.2. The summed E-state index contributed by atoms with van der Waals surface area (Å²) < 4.78 is 11.2. The maximum atomic E-state index is 11.2. The first-order valence-corrected chi connectivity index (χ1v) is 8.94. The second-order valence-corrected chi connectivity index (χ2v) is 6.91. The third-order valence-corrected chi connectivity index (χ3v) is 5.17. The molecule has 134 valence electrons. The van der Waals surface area contributed by atoms with E-state index < -0.39 is 5.97 Å². The van der Waals surface area contributed by atoms with Gasteiger partial charge in [-0.05, 0) is 24.6 Å². The molecule has 0 saturated heterocycles. The van der Waals surface area contributed by atoms with Crippen LogP contribution < -0.4 is 9.47 Å². The Labute approximate surface area is 159 Å². The zero-order valence-corrected chi connectivity index (χ0v) is 15.7. The molecule has 1 heterocycles. The van der Waals surface area contributed by atoms with Crippen LogP contribution in [0.25, 0.3) is 10.6 Å². The molecule has 0 spiro atoms. The van der Waals surface area contributed by atoms with Crippen LogP contribution in [0.2, 0.25) is 5.02 Å². The molecule has 0 radical (unpaired) electrons. The highest BCUT2D eigenvalue weighted by atomic mass is 35.5. The summed E-state index contributed by atoms with van der Waals surface area (Å²) in [6, 6.07) is 13.2. The van der Waals surface area contributed by atoms with Crippen molar-refractivity contribution in [2.24, 2.45) is 0 Å². The van der Waals surface area contributed by atoms with E-state index in [1.165, 1.54) is 7.11 Å². The van der Waals surface area contributed by atoms with Crippen LogP contribution >= 0.6 is 22.9 Å². The van der Waals surface area contributed by atoms with Crippen molar-refractivity contribution in [3.63, 3.8) is 0 Å². The summed E-state index contributed by atoms with van der Waals surface area (Å²) in [7, 11) is 1.53. The second-order valence-electron chi connectivity index (χ2n) is 5.50. The minimum Gasteiger partial charge on any atom is -0.493 e. The van der Waals surface area contributed by atoms with Gasteiger partial charge in [0.1, 0.15) is 16.5 Å². The summed E-state index contributed by atoms with van der Waals surface area (Å²) in [5, 5.41) is 10.1. The fraction of sp³-hybridized carbons (Fsp3) is 0.158. The molecule has 1 N–H and O–H groups in total. The molecule has 2 aromatic carbocycles. The van der Waals surface area contributed by atoms with Crippen LogP contribution in [-0.4, -0.2) is 23.2 Å². The lowest BCUT2D eigenvalue weighted by molar-refractivity contribution is 0.0701. The molecule has 26 heavy (non-hydrogen) atoms. The minimum absolute atomic E-state index is 0.208. The number of halogens is 1. The molecule has 0 aliphatic heterocycles. The summed E-state index contributed by atoms with van der Waals surface area (Å²) in [5.74, 6) is -0.0891. The number of rotatable bonds is 6. The van der Waals surface area contributed by atoms with Crippen LogP contribution in [-0.2, 0) is 6.61 Å². The SMILES string of the molecule is COc1cc(-c2nc(C)c(C(=O)O)s2)cc(Cl)c1OCc1ccccc1. The van der Waals surface area contributed by atoms with Crippen LogP contribution in [0.4, 0.5) is 0 Å². The van der Waals surface area contributed by atoms with E-state index in [1.807, 2.05) is 30.3 Å². The molecule has 1 aromatic heterocycles. The molecule has 0 fully saturated rings. The number of aromatic nitrogens is 1. The van der Waals surface area contributed by atoms with Crippen molar-refractivity contribution in [2.75, 3.05) is 7.11 Å². The predicted molar refractivity (Wildman–Crippen MR) is 102 cm³/mol. The van der Waals surface area contributed by atoms with Gasteiger partial charge in [0, 0.05) is 5.56 Å². The quantitative estimate of drug-likeness (QED) is 0.638. The van der Waals surface area contributed by atoms with Gasteiger partial charge in [0.05, 0.1) is 17.8 Å². The topological polar surface area (TPSA) is 68.7 Å². The van der Waals surface area contributed by atoms with E-state index in [2.05, 4.69) is 4.98 Å². The molecule has 0 bridgehead atoms. The van der Waals surface area contributed by atoms with Crippen molar-refractivity contribution >= 4 is 28.9 Å². The zero-order valence-electron chi connectivity index (χ0n) is 14.2. The fourth-order valence-corrected chi connectivity index (χ4v) is 3.59. The minimum atomic E-state index is -0.993. The molecule has 0 aliphatic carbocycles. The summed E-state index contributed by atoms with van der Waals surface area (Å²) in [5.41, 5.74) is 2.16. The number of carboxylic acids is 1. The monoisotopic (exact) mass is 389 g/mol. The first-order chi connectivity index (χ1) is 12.5. The molecular weight excluding hydrogens is 374 g/mol. The third kappa shape index (κ3) is 3.81. The standard InChI is InChI=1S/C19H16ClNO4S/c1-11-17(19(22)23)26-18(21-11)13-8-14(20)16(15(9-13)24-2)25-10-12-6-4-3-5-7-12/h3-9H,10H2,1-2H3,(H,22,23). The number of thiazole rings is 1. The Bertz CT molecular complexity index is 940. The van der Waals surface area contributed by atoms with Crippen molar-refractivity contribution < 1.29 is 19.4 Å². The second kappa shape index (κ2) is 7.76. The zero-order chi connectivity index (χ0) is 18.7. The van der Waals surface area contributed by atoms with Crippen molar-refractivity contribution in [1.29, 1.82) is 0 Å². The van der Waals surface area contributed by atoms with Gasteiger partial charge in [-0.3, -0.25) is 0 Å². The van der Waals surface area contributed by atoms with Crippen LogP contribution in [0, 0.1) is 6.92 Å². The average Bonchev–Trinajstić information content (AvgIpc) is 3.03. The molecule has 3 aromatic rings. The lowest BCUT2D eigenvalue weighted by atomic mass is 10.2. The number of aromatic carboxylic acids is 1. The molecule has 0 aliphatic rings. The summed E-state index contributed by atoms with van der Waals surface area (Å²) in [6.07, 6.45) is 0. The Morgan fingerprint density at radius 1 is 1.27 bits per heavy atom. The summed E-state index contributed by atoms with van der Waals surface area (Å²) in [4.78, 5) is 15.8. The Balaban J connectivity index is 1.92. The van der Waals surface area contributed by atoms with E-state index >= 15 is 0 Å². The smallest absolute Gasteiger partial charge is 0.347 e. The number of aryl methyl sites for hydroxylation is 1.